The Morgan fingerprint density at radius 1 is 1.33 bits per heavy atom. The smallest absolute Gasteiger partial charge is 0.161 e. The van der Waals surface area contributed by atoms with Crippen LogP contribution in [0, 0.1) is 0 Å². The van der Waals surface area contributed by atoms with Gasteiger partial charge in [0.2, 0.25) is 0 Å². The summed E-state index contributed by atoms with van der Waals surface area (Å²) in [5.41, 5.74) is 0.764. The normalized spacial score (nSPS) is 12.7. The molecular formula is C13H18N4O. The highest BCUT2D eigenvalue weighted by atomic mass is 16.3. The van der Waals surface area contributed by atoms with E-state index in [9.17, 15) is 5.11 Å². The van der Waals surface area contributed by atoms with Gasteiger partial charge in [0.1, 0.15) is 5.82 Å². The number of pyridine rings is 1. The van der Waals surface area contributed by atoms with Crippen molar-refractivity contribution in [3.63, 3.8) is 0 Å². The van der Waals surface area contributed by atoms with Gasteiger partial charge < -0.3 is 5.11 Å². The molecule has 2 rings (SSSR count). The predicted octanol–water partition coefficient (Wildman–Crippen LogP) is 1.84. The van der Waals surface area contributed by atoms with Gasteiger partial charge in [0, 0.05) is 24.6 Å². The minimum Gasteiger partial charge on any atom is -0.389 e. The highest BCUT2D eigenvalue weighted by Gasteiger charge is 2.15. The molecule has 0 spiro atoms. The van der Waals surface area contributed by atoms with Gasteiger partial charge in [-0.25, -0.2) is 9.97 Å². The van der Waals surface area contributed by atoms with E-state index in [1.165, 1.54) is 0 Å². The SMILES string of the molecule is CCc1nc(CC)n(-c2ncccc2C(C)O)n1. The van der Waals surface area contributed by atoms with Crippen LogP contribution in [-0.2, 0) is 12.8 Å². The van der Waals surface area contributed by atoms with E-state index in [0.717, 1.165) is 30.1 Å². The summed E-state index contributed by atoms with van der Waals surface area (Å²) in [5.74, 6) is 2.33. The van der Waals surface area contributed by atoms with E-state index >= 15 is 0 Å². The van der Waals surface area contributed by atoms with Gasteiger partial charge in [-0.3, -0.25) is 0 Å². The molecular weight excluding hydrogens is 228 g/mol. The second kappa shape index (κ2) is 5.27. The fourth-order valence-corrected chi connectivity index (χ4v) is 1.85. The van der Waals surface area contributed by atoms with Crippen LogP contribution in [0.15, 0.2) is 18.3 Å². The zero-order valence-electron chi connectivity index (χ0n) is 11.0. The number of aromatic nitrogens is 4. The Morgan fingerprint density at radius 2 is 2.11 bits per heavy atom. The molecule has 0 saturated carbocycles. The fraction of sp³-hybridized carbons (Fsp3) is 0.462. The van der Waals surface area contributed by atoms with Crippen molar-refractivity contribution in [2.24, 2.45) is 0 Å². The maximum Gasteiger partial charge on any atom is 0.161 e. The van der Waals surface area contributed by atoms with Crippen LogP contribution < -0.4 is 0 Å². The van der Waals surface area contributed by atoms with Crippen LogP contribution in [0.2, 0.25) is 0 Å². The summed E-state index contributed by atoms with van der Waals surface area (Å²) in [7, 11) is 0. The summed E-state index contributed by atoms with van der Waals surface area (Å²) < 4.78 is 1.74. The van der Waals surface area contributed by atoms with Crippen molar-refractivity contribution in [3.8, 4) is 5.82 Å². The quantitative estimate of drug-likeness (QED) is 0.894. The lowest BCUT2D eigenvalue weighted by atomic mass is 10.1. The Balaban J connectivity index is 2.57. The van der Waals surface area contributed by atoms with Crippen molar-refractivity contribution >= 4 is 0 Å². The van der Waals surface area contributed by atoms with Gasteiger partial charge >= 0.3 is 0 Å². The lowest BCUT2D eigenvalue weighted by molar-refractivity contribution is 0.198. The molecule has 1 unspecified atom stereocenters. The molecule has 0 bridgehead atoms. The largest absolute Gasteiger partial charge is 0.389 e. The third kappa shape index (κ3) is 2.26. The molecule has 5 heteroatoms. The van der Waals surface area contributed by atoms with Crippen molar-refractivity contribution < 1.29 is 5.11 Å². The molecule has 96 valence electrons. The Labute approximate surface area is 107 Å². The molecule has 1 atom stereocenters. The molecule has 0 aliphatic heterocycles. The molecule has 0 aliphatic rings. The minimum atomic E-state index is -0.576. The average Bonchev–Trinajstić information content (AvgIpc) is 2.81. The van der Waals surface area contributed by atoms with Gasteiger partial charge in [-0.15, -0.1) is 5.10 Å². The van der Waals surface area contributed by atoms with Crippen LogP contribution in [0.4, 0.5) is 0 Å². The highest BCUT2D eigenvalue weighted by molar-refractivity contribution is 5.35. The van der Waals surface area contributed by atoms with E-state index in [-0.39, 0.29) is 0 Å². The maximum atomic E-state index is 9.79. The summed E-state index contributed by atoms with van der Waals surface area (Å²) in [6, 6.07) is 3.68. The van der Waals surface area contributed by atoms with E-state index in [4.69, 9.17) is 0 Å². The zero-order valence-corrected chi connectivity index (χ0v) is 11.0. The first-order valence-corrected chi connectivity index (χ1v) is 6.25. The van der Waals surface area contributed by atoms with Crippen molar-refractivity contribution in [2.45, 2.75) is 39.7 Å². The van der Waals surface area contributed by atoms with Crippen molar-refractivity contribution in [2.75, 3.05) is 0 Å². The van der Waals surface area contributed by atoms with Gasteiger partial charge in [0.25, 0.3) is 0 Å². The Morgan fingerprint density at radius 3 is 2.72 bits per heavy atom. The van der Waals surface area contributed by atoms with Crippen LogP contribution in [-0.4, -0.2) is 24.9 Å². The van der Waals surface area contributed by atoms with Crippen LogP contribution in [0.1, 0.15) is 44.1 Å². The molecule has 5 nitrogen and oxygen atoms in total. The number of aliphatic hydroxyl groups is 1. The van der Waals surface area contributed by atoms with E-state index in [1.807, 2.05) is 26.0 Å². The van der Waals surface area contributed by atoms with E-state index in [2.05, 4.69) is 15.1 Å². The number of rotatable bonds is 4. The van der Waals surface area contributed by atoms with E-state index in [1.54, 1.807) is 17.8 Å². The summed E-state index contributed by atoms with van der Waals surface area (Å²) in [6.07, 6.45) is 2.70. The third-order valence-electron chi connectivity index (χ3n) is 2.82. The number of hydrogen-bond donors (Lipinski definition) is 1. The molecule has 2 aromatic rings. The van der Waals surface area contributed by atoms with Crippen LogP contribution in [0.25, 0.3) is 5.82 Å². The summed E-state index contributed by atoms with van der Waals surface area (Å²) in [5, 5.41) is 14.2. The van der Waals surface area contributed by atoms with Crippen LogP contribution in [0.5, 0.6) is 0 Å². The monoisotopic (exact) mass is 246 g/mol. The predicted molar refractivity (Wildman–Crippen MR) is 68.5 cm³/mol. The first-order valence-electron chi connectivity index (χ1n) is 6.25. The molecule has 0 aliphatic carbocycles. The first kappa shape index (κ1) is 12.7. The molecule has 18 heavy (non-hydrogen) atoms. The van der Waals surface area contributed by atoms with Crippen LogP contribution in [0.3, 0.4) is 0 Å². The molecule has 0 aromatic carbocycles. The van der Waals surface area contributed by atoms with Gasteiger partial charge in [-0.1, -0.05) is 19.9 Å². The zero-order chi connectivity index (χ0) is 13.1. The number of hydrogen-bond acceptors (Lipinski definition) is 4. The lowest BCUT2D eigenvalue weighted by Gasteiger charge is -2.11. The fourth-order valence-electron chi connectivity index (χ4n) is 1.85. The standard InChI is InChI=1S/C13H18N4O/c1-4-11-15-12(5-2)17(16-11)13-10(9(3)18)7-6-8-14-13/h6-9,18H,4-5H2,1-3H3. The number of nitrogens with zero attached hydrogens (tertiary/aromatic N) is 4. The molecule has 2 aromatic heterocycles. The third-order valence-corrected chi connectivity index (χ3v) is 2.82. The molecule has 0 saturated heterocycles. The number of aryl methyl sites for hydroxylation is 2. The van der Waals surface area contributed by atoms with Crippen molar-refractivity contribution in [1.82, 2.24) is 19.7 Å². The Bertz CT molecular complexity index is 534. The topological polar surface area (TPSA) is 63.8 Å². The van der Waals surface area contributed by atoms with E-state index in [0.29, 0.717) is 5.82 Å². The Kier molecular flexibility index (Phi) is 3.72. The van der Waals surface area contributed by atoms with Gasteiger partial charge in [-0.2, -0.15) is 4.68 Å². The molecule has 2 heterocycles. The molecule has 0 fully saturated rings. The summed E-state index contributed by atoms with van der Waals surface area (Å²) in [6.45, 7) is 5.78. The van der Waals surface area contributed by atoms with Crippen molar-refractivity contribution in [3.05, 3.63) is 35.5 Å². The average molecular weight is 246 g/mol. The van der Waals surface area contributed by atoms with Gasteiger partial charge in [-0.05, 0) is 13.0 Å². The molecule has 0 amide bonds. The lowest BCUT2D eigenvalue weighted by Crippen LogP contribution is -2.09. The second-order valence-electron chi connectivity index (χ2n) is 4.16. The van der Waals surface area contributed by atoms with Gasteiger partial charge in [0.15, 0.2) is 11.6 Å². The Hall–Kier alpha value is -1.75. The first-order chi connectivity index (χ1) is 8.67. The highest BCUT2D eigenvalue weighted by Crippen LogP contribution is 2.19. The summed E-state index contributed by atoms with van der Waals surface area (Å²) in [4.78, 5) is 8.78. The summed E-state index contributed by atoms with van der Waals surface area (Å²) >= 11 is 0. The maximum absolute atomic E-state index is 9.79. The number of aliphatic hydroxyl groups excluding tert-OH is 1. The van der Waals surface area contributed by atoms with E-state index < -0.39 is 6.10 Å². The minimum absolute atomic E-state index is 0.576. The molecule has 0 radical (unpaired) electrons. The van der Waals surface area contributed by atoms with Gasteiger partial charge in [0.05, 0.1) is 6.10 Å². The van der Waals surface area contributed by atoms with Crippen LogP contribution >= 0.6 is 0 Å². The second-order valence-corrected chi connectivity index (χ2v) is 4.16. The molecule has 1 N–H and O–H groups in total. The van der Waals surface area contributed by atoms with Crippen molar-refractivity contribution in [1.29, 1.82) is 0 Å².